The molecule has 5 heteroatoms. The van der Waals surface area contributed by atoms with Gasteiger partial charge in [0.05, 0.1) is 13.2 Å². The first kappa shape index (κ1) is 23.8. The van der Waals surface area contributed by atoms with Gasteiger partial charge in [-0.2, -0.15) is 0 Å². The normalized spacial score (nSPS) is 18.2. The second-order valence-electron chi connectivity index (χ2n) is 7.07. The van der Waals surface area contributed by atoms with Crippen molar-refractivity contribution in [2.45, 2.75) is 91.1 Å². The Bertz CT molecular complexity index is 303. The standard InChI is InChI=1S/C21H42O5/c1-5-9-10-11-12-13-19(14-15-22-17-20-18-23-20)16-21(24-6-2,25-7-3)26-8-4/h19-20H,5-18H2,1-4H3. The van der Waals surface area contributed by atoms with Gasteiger partial charge < -0.3 is 23.7 Å². The molecule has 1 heterocycles. The molecule has 0 bridgehead atoms. The van der Waals surface area contributed by atoms with Crippen molar-refractivity contribution in [3.05, 3.63) is 0 Å². The molecular weight excluding hydrogens is 332 g/mol. The van der Waals surface area contributed by atoms with Crippen molar-refractivity contribution >= 4 is 0 Å². The fraction of sp³-hybridized carbons (Fsp3) is 1.00. The van der Waals surface area contributed by atoms with Crippen LogP contribution in [0, 0.1) is 5.92 Å². The first-order valence-corrected chi connectivity index (χ1v) is 10.8. The van der Waals surface area contributed by atoms with Gasteiger partial charge in [0.1, 0.15) is 6.10 Å². The zero-order valence-electron chi connectivity index (χ0n) is 17.6. The molecule has 2 unspecified atom stereocenters. The fourth-order valence-electron chi connectivity index (χ4n) is 3.33. The highest BCUT2D eigenvalue weighted by atomic mass is 16.9. The topological polar surface area (TPSA) is 49.5 Å². The third-order valence-electron chi connectivity index (χ3n) is 4.72. The minimum Gasteiger partial charge on any atom is -0.379 e. The van der Waals surface area contributed by atoms with E-state index in [-0.39, 0.29) is 0 Å². The second kappa shape index (κ2) is 14.8. The van der Waals surface area contributed by atoms with E-state index in [1.807, 2.05) is 20.8 Å². The van der Waals surface area contributed by atoms with Gasteiger partial charge in [-0.1, -0.05) is 45.4 Å². The molecule has 1 aliphatic rings. The summed E-state index contributed by atoms with van der Waals surface area (Å²) >= 11 is 0. The van der Waals surface area contributed by atoms with Gasteiger partial charge in [0.15, 0.2) is 0 Å². The molecule has 0 amide bonds. The van der Waals surface area contributed by atoms with Crippen LogP contribution in [0.25, 0.3) is 0 Å². The molecule has 156 valence electrons. The van der Waals surface area contributed by atoms with E-state index in [0.29, 0.717) is 31.8 Å². The van der Waals surface area contributed by atoms with Crippen LogP contribution in [0.4, 0.5) is 0 Å². The molecular formula is C21H42O5. The van der Waals surface area contributed by atoms with E-state index in [1.54, 1.807) is 0 Å². The Morgan fingerprint density at radius 3 is 2.04 bits per heavy atom. The lowest BCUT2D eigenvalue weighted by Crippen LogP contribution is -2.41. The van der Waals surface area contributed by atoms with E-state index in [9.17, 15) is 0 Å². The molecule has 5 nitrogen and oxygen atoms in total. The highest BCUT2D eigenvalue weighted by Crippen LogP contribution is 2.30. The second-order valence-corrected chi connectivity index (χ2v) is 7.07. The van der Waals surface area contributed by atoms with Gasteiger partial charge in [0.25, 0.3) is 5.97 Å². The Balaban J connectivity index is 2.52. The van der Waals surface area contributed by atoms with Crippen LogP contribution in [-0.4, -0.2) is 51.7 Å². The van der Waals surface area contributed by atoms with Gasteiger partial charge in [-0.15, -0.1) is 0 Å². The molecule has 0 spiro atoms. The van der Waals surface area contributed by atoms with E-state index in [0.717, 1.165) is 32.7 Å². The van der Waals surface area contributed by atoms with Crippen molar-refractivity contribution in [3.63, 3.8) is 0 Å². The highest BCUT2D eigenvalue weighted by Gasteiger charge is 2.35. The minimum atomic E-state index is -0.911. The lowest BCUT2D eigenvalue weighted by molar-refractivity contribution is -0.384. The first-order chi connectivity index (χ1) is 12.7. The van der Waals surface area contributed by atoms with Gasteiger partial charge >= 0.3 is 0 Å². The predicted molar refractivity (Wildman–Crippen MR) is 104 cm³/mol. The maximum atomic E-state index is 5.94. The van der Waals surface area contributed by atoms with E-state index in [1.165, 1.54) is 38.5 Å². The molecule has 0 N–H and O–H groups in total. The van der Waals surface area contributed by atoms with Crippen molar-refractivity contribution < 1.29 is 23.7 Å². The molecule has 0 radical (unpaired) electrons. The number of rotatable bonds is 19. The van der Waals surface area contributed by atoms with Crippen molar-refractivity contribution in [1.82, 2.24) is 0 Å². The van der Waals surface area contributed by atoms with Gasteiger partial charge in [0, 0.05) is 32.8 Å². The van der Waals surface area contributed by atoms with Crippen LogP contribution in [0.3, 0.4) is 0 Å². The number of unbranched alkanes of at least 4 members (excludes halogenated alkanes) is 4. The van der Waals surface area contributed by atoms with E-state index >= 15 is 0 Å². The van der Waals surface area contributed by atoms with Crippen molar-refractivity contribution in [2.24, 2.45) is 5.92 Å². The summed E-state index contributed by atoms with van der Waals surface area (Å²) in [6.45, 7) is 12.3. The molecule has 2 atom stereocenters. The Labute approximate surface area is 161 Å². The molecule has 0 aromatic carbocycles. The van der Waals surface area contributed by atoms with Gasteiger partial charge in [-0.3, -0.25) is 0 Å². The van der Waals surface area contributed by atoms with Gasteiger partial charge in [-0.05, 0) is 33.1 Å². The summed E-state index contributed by atoms with van der Waals surface area (Å²) in [5.74, 6) is -0.437. The SMILES string of the molecule is CCCCCCCC(CCOCC1CO1)CC(OCC)(OCC)OCC. The molecule has 1 rings (SSSR count). The summed E-state index contributed by atoms with van der Waals surface area (Å²) in [7, 11) is 0. The summed E-state index contributed by atoms with van der Waals surface area (Å²) in [5, 5.41) is 0. The third kappa shape index (κ3) is 10.8. The average Bonchev–Trinajstić information content (AvgIpc) is 3.43. The van der Waals surface area contributed by atoms with Crippen molar-refractivity contribution in [2.75, 3.05) is 39.6 Å². The average molecular weight is 375 g/mol. The third-order valence-corrected chi connectivity index (χ3v) is 4.72. The molecule has 0 aliphatic carbocycles. The monoisotopic (exact) mass is 374 g/mol. The Hall–Kier alpha value is -0.200. The molecule has 1 fully saturated rings. The van der Waals surface area contributed by atoms with E-state index < -0.39 is 5.97 Å². The largest absolute Gasteiger partial charge is 0.379 e. The lowest BCUT2D eigenvalue weighted by Gasteiger charge is -2.35. The quantitative estimate of drug-likeness (QED) is 0.182. The van der Waals surface area contributed by atoms with Crippen LogP contribution < -0.4 is 0 Å². The summed E-state index contributed by atoms with van der Waals surface area (Å²) < 4.78 is 28.8. The molecule has 0 aromatic heterocycles. The van der Waals surface area contributed by atoms with Gasteiger partial charge in [-0.25, -0.2) is 0 Å². The Morgan fingerprint density at radius 2 is 1.50 bits per heavy atom. The van der Waals surface area contributed by atoms with Crippen LogP contribution in [0.15, 0.2) is 0 Å². The summed E-state index contributed by atoms with van der Waals surface area (Å²) in [4.78, 5) is 0. The first-order valence-electron chi connectivity index (χ1n) is 10.8. The Morgan fingerprint density at radius 1 is 0.885 bits per heavy atom. The van der Waals surface area contributed by atoms with Crippen LogP contribution in [0.2, 0.25) is 0 Å². The van der Waals surface area contributed by atoms with E-state index in [4.69, 9.17) is 23.7 Å². The molecule has 0 saturated carbocycles. The molecule has 26 heavy (non-hydrogen) atoms. The van der Waals surface area contributed by atoms with Crippen LogP contribution >= 0.6 is 0 Å². The lowest BCUT2D eigenvalue weighted by atomic mass is 9.93. The number of epoxide rings is 1. The highest BCUT2D eigenvalue weighted by molar-refractivity contribution is 4.70. The summed E-state index contributed by atoms with van der Waals surface area (Å²) in [6.07, 6.45) is 9.75. The van der Waals surface area contributed by atoms with Crippen LogP contribution in [0.1, 0.15) is 79.1 Å². The molecule has 1 saturated heterocycles. The number of hydrogen-bond donors (Lipinski definition) is 0. The number of hydrogen-bond acceptors (Lipinski definition) is 5. The van der Waals surface area contributed by atoms with E-state index in [2.05, 4.69) is 6.92 Å². The fourth-order valence-corrected chi connectivity index (χ4v) is 3.33. The number of ether oxygens (including phenoxy) is 5. The van der Waals surface area contributed by atoms with Gasteiger partial charge in [0.2, 0.25) is 0 Å². The summed E-state index contributed by atoms with van der Waals surface area (Å²) in [6, 6.07) is 0. The maximum absolute atomic E-state index is 5.94. The predicted octanol–water partition coefficient (Wildman–Crippen LogP) is 4.92. The molecule has 1 aliphatic heterocycles. The zero-order valence-corrected chi connectivity index (χ0v) is 17.6. The Kier molecular flexibility index (Phi) is 13.6. The smallest absolute Gasteiger partial charge is 0.283 e. The summed E-state index contributed by atoms with van der Waals surface area (Å²) in [5.41, 5.74) is 0. The zero-order chi connectivity index (χ0) is 19.1. The molecule has 0 aromatic rings. The van der Waals surface area contributed by atoms with Crippen molar-refractivity contribution in [1.29, 1.82) is 0 Å². The van der Waals surface area contributed by atoms with Crippen LogP contribution in [-0.2, 0) is 23.7 Å². The van der Waals surface area contributed by atoms with Crippen molar-refractivity contribution in [3.8, 4) is 0 Å². The minimum absolute atomic E-state index is 0.330. The maximum Gasteiger partial charge on any atom is 0.283 e. The van der Waals surface area contributed by atoms with Crippen LogP contribution in [0.5, 0.6) is 0 Å².